The Morgan fingerprint density at radius 3 is 2.53 bits per heavy atom. The molecular weight excluding hydrogens is 182 g/mol. The summed E-state index contributed by atoms with van der Waals surface area (Å²) in [6, 6.07) is 8.26. The van der Waals surface area contributed by atoms with Crippen molar-refractivity contribution in [2.75, 3.05) is 11.9 Å². The van der Waals surface area contributed by atoms with Gasteiger partial charge in [-0.15, -0.1) is 0 Å². The molecule has 0 saturated carbocycles. The van der Waals surface area contributed by atoms with Gasteiger partial charge in [0.25, 0.3) is 0 Å². The topological polar surface area (TPSA) is 12.0 Å². The van der Waals surface area contributed by atoms with E-state index in [0.29, 0.717) is 0 Å². The molecule has 1 aromatic carbocycles. The summed E-state index contributed by atoms with van der Waals surface area (Å²) in [4.78, 5) is 0. The Balaban J connectivity index is 2.86. The average Bonchev–Trinajstić information content (AvgIpc) is 2.25. The van der Waals surface area contributed by atoms with E-state index < -0.39 is 0 Å². The molecule has 0 aliphatic rings. The highest BCUT2D eigenvalue weighted by molar-refractivity contribution is 5.74. The fourth-order valence-electron chi connectivity index (χ4n) is 1.38. The summed E-state index contributed by atoms with van der Waals surface area (Å²) in [5.74, 6) is 0. The van der Waals surface area contributed by atoms with Crippen LogP contribution in [-0.2, 0) is 0 Å². The molecule has 0 aliphatic heterocycles. The maximum Gasteiger partial charge on any atom is 0.0418 e. The van der Waals surface area contributed by atoms with Gasteiger partial charge < -0.3 is 5.32 Å². The second-order valence-corrected chi connectivity index (χ2v) is 3.81. The van der Waals surface area contributed by atoms with Crippen molar-refractivity contribution < 1.29 is 0 Å². The quantitative estimate of drug-likeness (QED) is 0.707. The first-order valence-corrected chi connectivity index (χ1v) is 5.30. The van der Waals surface area contributed by atoms with Crippen molar-refractivity contribution in [2.24, 2.45) is 0 Å². The first kappa shape index (κ1) is 11.6. The summed E-state index contributed by atoms with van der Waals surface area (Å²) in [6.07, 6.45) is 0.978. The summed E-state index contributed by atoms with van der Waals surface area (Å²) in [5.41, 5.74) is 4.65. The van der Waals surface area contributed by atoms with E-state index in [1.54, 1.807) is 0 Å². The fourth-order valence-corrected chi connectivity index (χ4v) is 1.38. The molecule has 1 aromatic rings. The molecule has 0 aliphatic carbocycles. The zero-order valence-electron chi connectivity index (χ0n) is 9.64. The zero-order chi connectivity index (χ0) is 11.3. The first-order chi connectivity index (χ1) is 7.15. The minimum atomic E-state index is 0.813. The van der Waals surface area contributed by atoms with Crippen LogP contribution in [0, 0.1) is 0 Å². The van der Waals surface area contributed by atoms with E-state index in [1.165, 1.54) is 11.1 Å². The van der Waals surface area contributed by atoms with Gasteiger partial charge in [-0.3, -0.25) is 0 Å². The van der Waals surface area contributed by atoms with Crippen molar-refractivity contribution in [1.29, 1.82) is 0 Å². The molecule has 0 radical (unpaired) electrons. The molecule has 0 amide bonds. The fraction of sp³-hybridized carbons (Fsp3) is 0.286. The van der Waals surface area contributed by atoms with Crippen molar-refractivity contribution in [3.05, 3.63) is 48.6 Å². The van der Waals surface area contributed by atoms with Crippen molar-refractivity contribution in [1.82, 2.24) is 0 Å². The van der Waals surface area contributed by atoms with E-state index in [9.17, 15) is 0 Å². The molecule has 0 unspecified atom stereocenters. The smallest absolute Gasteiger partial charge is 0.0418 e. The standard InChI is InChI=1S/C14H19N/c1-5-12(4)13-8-6-7-9-14(13)15-10-11(2)3/h6-9,15H,2,4-5,10H2,1,3H3. The predicted octanol–water partition coefficient (Wildman–Crippen LogP) is 4.10. The van der Waals surface area contributed by atoms with Crippen molar-refractivity contribution in [3.63, 3.8) is 0 Å². The molecular formula is C14H19N. The molecule has 0 fully saturated rings. The van der Waals surface area contributed by atoms with Crippen molar-refractivity contribution in [2.45, 2.75) is 20.3 Å². The second kappa shape index (κ2) is 5.40. The van der Waals surface area contributed by atoms with Gasteiger partial charge in [0, 0.05) is 17.8 Å². The molecule has 80 valence electrons. The summed E-state index contributed by atoms with van der Waals surface area (Å²) >= 11 is 0. The molecule has 0 saturated heterocycles. The highest BCUT2D eigenvalue weighted by Gasteiger charge is 2.02. The van der Waals surface area contributed by atoms with Crippen molar-refractivity contribution in [3.8, 4) is 0 Å². The summed E-state index contributed by atoms with van der Waals surface area (Å²) in [5, 5.41) is 3.37. The largest absolute Gasteiger partial charge is 0.381 e. The molecule has 1 nitrogen and oxygen atoms in total. The van der Waals surface area contributed by atoms with E-state index in [0.717, 1.165) is 24.2 Å². The van der Waals surface area contributed by atoms with Gasteiger partial charge >= 0.3 is 0 Å². The van der Waals surface area contributed by atoms with E-state index in [2.05, 4.69) is 37.5 Å². The number of rotatable bonds is 5. The Morgan fingerprint density at radius 2 is 1.93 bits per heavy atom. The molecule has 1 heteroatoms. The first-order valence-electron chi connectivity index (χ1n) is 5.30. The third-order valence-electron chi connectivity index (χ3n) is 2.32. The van der Waals surface area contributed by atoms with E-state index in [1.807, 2.05) is 19.1 Å². The number of hydrogen-bond donors (Lipinski definition) is 1. The van der Waals surface area contributed by atoms with Gasteiger partial charge in [-0.05, 0) is 25.0 Å². The monoisotopic (exact) mass is 201 g/mol. The Labute approximate surface area is 92.5 Å². The van der Waals surface area contributed by atoms with Gasteiger partial charge in [-0.25, -0.2) is 0 Å². The van der Waals surface area contributed by atoms with Gasteiger partial charge in [-0.1, -0.05) is 43.9 Å². The lowest BCUT2D eigenvalue weighted by Gasteiger charge is -2.12. The number of nitrogens with one attached hydrogen (secondary N) is 1. The SMILES string of the molecule is C=C(C)CNc1ccccc1C(=C)CC. The van der Waals surface area contributed by atoms with Gasteiger partial charge in [0.1, 0.15) is 0 Å². The highest BCUT2D eigenvalue weighted by Crippen LogP contribution is 2.24. The minimum absolute atomic E-state index is 0.813. The van der Waals surface area contributed by atoms with E-state index in [4.69, 9.17) is 0 Å². The Bertz CT molecular complexity index is 363. The Morgan fingerprint density at radius 1 is 1.27 bits per heavy atom. The Kier molecular flexibility index (Phi) is 4.17. The summed E-state index contributed by atoms with van der Waals surface area (Å²) in [6.45, 7) is 12.9. The van der Waals surface area contributed by atoms with Gasteiger partial charge in [0.2, 0.25) is 0 Å². The van der Waals surface area contributed by atoms with Crippen molar-refractivity contribution >= 4 is 11.3 Å². The molecule has 1 rings (SSSR count). The van der Waals surface area contributed by atoms with Crippen LogP contribution < -0.4 is 5.32 Å². The molecule has 0 heterocycles. The molecule has 0 spiro atoms. The van der Waals surface area contributed by atoms with Gasteiger partial charge in [0.05, 0.1) is 0 Å². The van der Waals surface area contributed by atoms with Crippen LogP contribution in [0.1, 0.15) is 25.8 Å². The van der Waals surface area contributed by atoms with Crippen LogP contribution in [-0.4, -0.2) is 6.54 Å². The van der Waals surface area contributed by atoms with Crippen LogP contribution in [0.2, 0.25) is 0 Å². The lowest BCUT2D eigenvalue weighted by Crippen LogP contribution is -2.04. The lowest BCUT2D eigenvalue weighted by atomic mass is 10.0. The molecule has 0 bridgehead atoms. The third kappa shape index (κ3) is 3.28. The maximum absolute atomic E-state index is 4.07. The van der Waals surface area contributed by atoms with Crippen LogP contribution in [0.25, 0.3) is 5.57 Å². The average molecular weight is 201 g/mol. The lowest BCUT2D eigenvalue weighted by molar-refractivity contribution is 1.20. The normalized spacial score (nSPS) is 9.73. The molecule has 1 N–H and O–H groups in total. The molecule has 0 aromatic heterocycles. The van der Waals surface area contributed by atoms with Crippen LogP contribution in [0.3, 0.4) is 0 Å². The molecule has 0 atom stereocenters. The van der Waals surface area contributed by atoms with Crippen LogP contribution in [0.4, 0.5) is 5.69 Å². The number of anilines is 1. The number of allylic oxidation sites excluding steroid dienone is 1. The number of para-hydroxylation sites is 1. The van der Waals surface area contributed by atoms with Gasteiger partial charge in [0.15, 0.2) is 0 Å². The van der Waals surface area contributed by atoms with Crippen LogP contribution in [0.5, 0.6) is 0 Å². The minimum Gasteiger partial charge on any atom is -0.381 e. The van der Waals surface area contributed by atoms with E-state index in [-0.39, 0.29) is 0 Å². The van der Waals surface area contributed by atoms with Crippen LogP contribution in [0.15, 0.2) is 43.0 Å². The van der Waals surface area contributed by atoms with Gasteiger partial charge in [-0.2, -0.15) is 0 Å². The van der Waals surface area contributed by atoms with E-state index >= 15 is 0 Å². The maximum atomic E-state index is 4.07. The number of hydrogen-bond acceptors (Lipinski definition) is 1. The number of benzene rings is 1. The summed E-state index contributed by atoms with van der Waals surface area (Å²) < 4.78 is 0. The highest BCUT2D eigenvalue weighted by atomic mass is 14.9. The molecule has 15 heavy (non-hydrogen) atoms. The Hall–Kier alpha value is -1.50. The zero-order valence-corrected chi connectivity index (χ0v) is 9.64. The third-order valence-corrected chi connectivity index (χ3v) is 2.32. The summed E-state index contributed by atoms with van der Waals surface area (Å²) in [7, 11) is 0. The van der Waals surface area contributed by atoms with Crippen LogP contribution >= 0.6 is 0 Å². The second-order valence-electron chi connectivity index (χ2n) is 3.81. The predicted molar refractivity (Wildman–Crippen MR) is 69.1 cm³/mol.